The zero-order valence-electron chi connectivity index (χ0n) is 10.1. The summed E-state index contributed by atoms with van der Waals surface area (Å²) < 4.78 is 0. The van der Waals surface area contributed by atoms with Crippen LogP contribution in [0.25, 0.3) is 0 Å². The molecule has 15 heavy (non-hydrogen) atoms. The predicted molar refractivity (Wildman–Crippen MR) is 60.9 cm³/mol. The summed E-state index contributed by atoms with van der Waals surface area (Å²) in [6.07, 6.45) is 2.56. The molecule has 3 heteroatoms. The van der Waals surface area contributed by atoms with Gasteiger partial charge >= 0.3 is 5.97 Å². The van der Waals surface area contributed by atoms with E-state index in [0.717, 1.165) is 32.5 Å². The minimum Gasteiger partial charge on any atom is -0.481 e. The molecule has 1 saturated heterocycles. The molecular formula is C12H23NO2. The van der Waals surface area contributed by atoms with Crippen molar-refractivity contribution < 1.29 is 9.90 Å². The molecule has 88 valence electrons. The van der Waals surface area contributed by atoms with Crippen molar-refractivity contribution in [3.8, 4) is 0 Å². The van der Waals surface area contributed by atoms with Crippen LogP contribution < -0.4 is 0 Å². The van der Waals surface area contributed by atoms with Gasteiger partial charge in [-0.1, -0.05) is 20.8 Å². The Balaban J connectivity index is 2.38. The lowest BCUT2D eigenvalue weighted by Crippen LogP contribution is -2.40. The van der Waals surface area contributed by atoms with Crippen LogP contribution in [0.5, 0.6) is 0 Å². The molecule has 1 rings (SSSR count). The Labute approximate surface area is 92.5 Å². The number of piperidine rings is 1. The SMILES string of the molecule is CC(C)(C)CN1CCCC(CC(=O)O)C1. The van der Waals surface area contributed by atoms with E-state index in [2.05, 4.69) is 25.7 Å². The first-order valence-electron chi connectivity index (χ1n) is 5.81. The quantitative estimate of drug-likeness (QED) is 0.781. The van der Waals surface area contributed by atoms with Gasteiger partial charge in [0.05, 0.1) is 0 Å². The van der Waals surface area contributed by atoms with E-state index in [1.807, 2.05) is 0 Å². The van der Waals surface area contributed by atoms with E-state index < -0.39 is 5.97 Å². The molecule has 0 aromatic heterocycles. The molecular weight excluding hydrogens is 190 g/mol. The highest BCUT2D eigenvalue weighted by atomic mass is 16.4. The summed E-state index contributed by atoms with van der Waals surface area (Å²) in [5, 5.41) is 8.77. The van der Waals surface area contributed by atoms with Crippen LogP contribution in [-0.4, -0.2) is 35.6 Å². The van der Waals surface area contributed by atoms with Crippen LogP contribution in [0.15, 0.2) is 0 Å². The van der Waals surface area contributed by atoms with E-state index in [1.54, 1.807) is 0 Å². The lowest BCUT2D eigenvalue weighted by Gasteiger charge is -2.36. The third-order valence-corrected chi connectivity index (χ3v) is 2.76. The van der Waals surface area contributed by atoms with Crippen LogP contribution in [0.3, 0.4) is 0 Å². The summed E-state index contributed by atoms with van der Waals surface area (Å²) >= 11 is 0. The van der Waals surface area contributed by atoms with Gasteiger partial charge in [-0.3, -0.25) is 4.79 Å². The lowest BCUT2D eigenvalue weighted by molar-refractivity contribution is -0.138. The summed E-state index contributed by atoms with van der Waals surface area (Å²) in [6.45, 7) is 9.86. The van der Waals surface area contributed by atoms with Gasteiger partial charge in [-0.05, 0) is 30.7 Å². The van der Waals surface area contributed by atoms with Crippen LogP contribution >= 0.6 is 0 Å². The number of aliphatic carboxylic acids is 1. The average Bonchev–Trinajstić information content (AvgIpc) is 1.99. The molecule has 1 heterocycles. The minimum atomic E-state index is -0.655. The molecule has 1 aliphatic heterocycles. The second-order valence-electron chi connectivity index (χ2n) is 5.90. The number of rotatable bonds is 3. The van der Waals surface area contributed by atoms with Crippen LogP contribution in [-0.2, 0) is 4.79 Å². The maximum Gasteiger partial charge on any atom is 0.303 e. The van der Waals surface area contributed by atoms with Gasteiger partial charge in [-0.2, -0.15) is 0 Å². The number of carboxylic acid groups (broad SMARTS) is 1. The molecule has 0 aliphatic carbocycles. The predicted octanol–water partition coefficient (Wildman–Crippen LogP) is 2.22. The van der Waals surface area contributed by atoms with E-state index in [0.29, 0.717) is 17.8 Å². The van der Waals surface area contributed by atoms with Gasteiger partial charge in [-0.25, -0.2) is 0 Å². The molecule has 1 fully saturated rings. The normalized spacial score (nSPS) is 24.1. The number of carboxylic acids is 1. The second kappa shape index (κ2) is 4.97. The molecule has 0 aromatic rings. The molecule has 1 aliphatic rings. The van der Waals surface area contributed by atoms with E-state index in [1.165, 1.54) is 0 Å². The fraction of sp³-hybridized carbons (Fsp3) is 0.917. The fourth-order valence-corrected chi connectivity index (χ4v) is 2.38. The van der Waals surface area contributed by atoms with Gasteiger partial charge in [0.1, 0.15) is 0 Å². The topological polar surface area (TPSA) is 40.5 Å². The Hall–Kier alpha value is -0.570. The van der Waals surface area contributed by atoms with Crippen molar-refractivity contribution in [2.45, 2.75) is 40.0 Å². The Morgan fingerprint density at radius 3 is 2.67 bits per heavy atom. The number of carbonyl (C=O) groups is 1. The van der Waals surface area contributed by atoms with E-state index in [4.69, 9.17) is 5.11 Å². The minimum absolute atomic E-state index is 0.311. The van der Waals surface area contributed by atoms with Gasteiger partial charge in [-0.15, -0.1) is 0 Å². The molecule has 0 spiro atoms. The monoisotopic (exact) mass is 213 g/mol. The van der Waals surface area contributed by atoms with Crippen molar-refractivity contribution in [1.29, 1.82) is 0 Å². The highest BCUT2D eigenvalue weighted by Crippen LogP contribution is 2.23. The Morgan fingerprint density at radius 1 is 1.47 bits per heavy atom. The molecule has 0 saturated carbocycles. The van der Waals surface area contributed by atoms with Crippen molar-refractivity contribution in [2.24, 2.45) is 11.3 Å². The van der Waals surface area contributed by atoms with Crippen LogP contribution in [0, 0.1) is 11.3 Å². The summed E-state index contributed by atoms with van der Waals surface area (Å²) in [5.74, 6) is -0.295. The number of likely N-dealkylation sites (tertiary alicyclic amines) is 1. The lowest BCUT2D eigenvalue weighted by atomic mass is 9.91. The third kappa shape index (κ3) is 5.17. The highest BCUT2D eigenvalue weighted by molar-refractivity contribution is 5.67. The van der Waals surface area contributed by atoms with Crippen LogP contribution in [0.1, 0.15) is 40.0 Å². The molecule has 0 radical (unpaired) electrons. The Morgan fingerprint density at radius 2 is 2.13 bits per heavy atom. The summed E-state index contributed by atoms with van der Waals surface area (Å²) in [7, 11) is 0. The molecule has 3 nitrogen and oxygen atoms in total. The second-order valence-corrected chi connectivity index (χ2v) is 5.90. The maximum absolute atomic E-state index is 10.6. The van der Waals surface area contributed by atoms with Crippen molar-refractivity contribution in [3.05, 3.63) is 0 Å². The van der Waals surface area contributed by atoms with Crippen molar-refractivity contribution in [3.63, 3.8) is 0 Å². The van der Waals surface area contributed by atoms with Crippen LogP contribution in [0.4, 0.5) is 0 Å². The summed E-state index contributed by atoms with van der Waals surface area (Å²) in [6, 6.07) is 0. The molecule has 0 bridgehead atoms. The van der Waals surface area contributed by atoms with Crippen molar-refractivity contribution >= 4 is 5.97 Å². The largest absolute Gasteiger partial charge is 0.481 e. The zero-order valence-corrected chi connectivity index (χ0v) is 10.1. The summed E-state index contributed by atoms with van der Waals surface area (Å²) in [4.78, 5) is 13.1. The van der Waals surface area contributed by atoms with E-state index in [9.17, 15) is 4.79 Å². The van der Waals surface area contributed by atoms with Gasteiger partial charge in [0.15, 0.2) is 0 Å². The smallest absolute Gasteiger partial charge is 0.303 e. The van der Waals surface area contributed by atoms with Crippen molar-refractivity contribution in [1.82, 2.24) is 4.90 Å². The van der Waals surface area contributed by atoms with Gasteiger partial charge < -0.3 is 10.0 Å². The molecule has 1 N–H and O–H groups in total. The molecule has 0 amide bonds. The van der Waals surface area contributed by atoms with Crippen LogP contribution in [0.2, 0.25) is 0 Å². The third-order valence-electron chi connectivity index (χ3n) is 2.76. The zero-order chi connectivity index (χ0) is 11.5. The van der Waals surface area contributed by atoms with Gasteiger partial charge in [0.25, 0.3) is 0 Å². The van der Waals surface area contributed by atoms with Crippen molar-refractivity contribution in [2.75, 3.05) is 19.6 Å². The Kier molecular flexibility index (Phi) is 4.14. The first-order chi connectivity index (χ1) is 6.87. The standard InChI is InChI=1S/C12H23NO2/c1-12(2,3)9-13-6-4-5-10(8-13)7-11(14)15/h10H,4-9H2,1-3H3,(H,14,15). The average molecular weight is 213 g/mol. The first kappa shape index (κ1) is 12.5. The van der Waals surface area contributed by atoms with E-state index >= 15 is 0 Å². The fourth-order valence-electron chi connectivity index (χ4n) is 2.38. The number of hydrogen-bond donors (Lipinski definition) is 1. The number of nitrogens with zero attached hydrogens (tertiary/aromatic N) is 1. The number of hydrogen-bond acceptors (Lipinski definition) is 2. The van der Waals surface area contributed by atoms with Gasteiger partial charge in [0.2, 0.25) is 0 Å². The molecule has 1 unspecified atom stereocenters. The van der Waals surface area contributed by atoms with Gasteiger partial charge in [0, 0.05) is 19.5 Å². The first-order valence-corrected chi connectivity index (χ1v) is 5.81. The van der Waals surface area contributed by atoms with E-state index in [-0.39, 0.29) is 0 Å². The molecule has 0 aromatic carbocycles. The maximum atomic E-state index is 10.6. The highest BCUT2D eigenvalue weighted by Gasteiger charge is 2.24. The Bertz CT molecular complexity index is 220. The molecule has 1 atom stereocenters. The summed E-state index contributed by atoms with van der Waals surface area (Å²) in [5.41, 5.74) is 0.311.